The molecule has 3 rings (SSSR count). The van der Waals surface area contributed by atoms with Crippen molar-refractivity contribution in [1.82, 2.24) is 4.90 Å². The first-order chi connectivity index (χ1) is 12.0. The third kappa shape index (κ3) is 4.20. The van der Waals surface area contributed by atoms with Gasteiger partial charge in [0.2, 0.25) is 5.91 Å². The van der Waals surface area contributed by atoms with Crippen LogP contribution in [0.3, 0.4) is 0 Å². The molecule has 0 unspecified atom stereocenters. The Morgan fingerprint density at radius 1 is 1.20 bits per heavy atom. The van der Waals surface area contributed by atoms with Gasteiger partial charge in [-0.15, -0.1) is 0 Å². The van der Waals surface area contributed by atoms with Crippen LogP contribution in [0.4, 0.5) is 0 Å². The van der Waals surface area contributed by atoms with Crippen LogP contribution in [-0.2, 0) is 20.9 Å². The number of likely N-dealkylation sites (tertiary alicyclic amines) is 1. The van der Waals surface area contributed by atoms with Gasteiger partial charge < -0.3 is 9.64 Å². The molecular weight excluding hydrogens is 338 g/mol. The van der Waals surface area contributed by atoms with Gasteiger partial charge in [-0.05, 0) is 30.2 Å². The number of hydrogen-bond acceptors (Lipinski definition) is 3. The fraction of sp³-hybridized carbons (Fsp3) is 0.300. The fourth-order valence-corrected chi connectivity index (χ4v) is 3.15. The summed E-state index contributed by atoms with van der Waals surface area (Å²) in [4.78, 5) is 26.4. The van der Waals surface area contributed by atoms with Crippen LogP contribution in [0.25, 0.3) is 0 Å². The van der Waals surface area contributed by atoms with E-state index in [-0.39, 0.29) is 30.9 Å². The van der Waals surface area contributed by atoms with Crippen LogP contribution in [0.15, 0.2) is 54.6 Å². The second-order valence-corrected chi connectivity index (χ2v) is 6.70. The van der Waals surface area contributed by atoms with Crippen molar-refractivity contribution in [3.8, 4) is 0 Å². The van der Waals surface area contributed by atoms with Crippen LogP contribution < -0.4 is 0 Å². The zero-order chi connectivity index (χ0) is 17.8. The molecule has 1 saturated heterocycles. The van der Waals surface area contributed by atoms with Crippen molar-refractivity contribution >= 4 is 23.5 Å². The Bertz CT molecular complexity index is 745. The van der Waals surface area contributed by atoms with Gasteiger partial charge >= 0.3 is 5.97 Å². The van der Waals surface area contributed by atoms with Crippen LogP contribution in [0.1, 0.15) is 30.5 Å². The van der Waals surface area contributed by atoms with E-state index in [0.717, 1.165) is 11.1 Å². The Morgan fingerprint density at radius 2 is 1.88 bits per heavy atom. The zero-order valence-electron chi connectivity index (χ0n) is 14.0. The maximum Gasteiger partial charge on any atom is 0.311 e. The Kier molecular flexibility index (Phi) is 5.39. The van der Waals surface area contributed by atoms with Gasteiger partial charge in [-0.1, -0.05) is 54.1 Å². The maximum atomic E-state index is 12.3. The average molecular weight is 358 g/mol. The summed E-state index contributed by atoms with van der Waals surface area (Å²) < 4.78 is 5.37. The van der Waals surface area contributed by atoms with E-state index in [2.05, 4.69) is 0 Å². The average Bonchev–Trinajstić information content (AvgIpc) is 3.03. The summed E-state index contributed by atoms with van der Waals surface area (Å²) in [5.74, 6) is -0.748. The Balaban J connectivity index is 1.58. The number of esters is 1. The van der Waals surface area contributed by atoms with E-state index in [0.29, 0.717) is 11.6 Å². The molecule has 5 heteroatoms. The number of carbonyl (C=O) groups is 2. The van der Waals surface area contributed by atoms with Gasteiger partial charge in [-0.2, -0.15) is 0 Å². The normalized spacial score (nSPS) is 18.2. The summed E-state index contributed by atoms with van der Waals surface area (Å²) in [5.41, 5.74) is 1.93. The molecule has 0 radical (unpaired) electrons. The molecule has 0 aromatic heterocycles. The maximum absolute atomic E-state index is 12.3. The van der Waals surface area contributed by atoms with Gasteiger partial charge in [0.05, 0.1) is 12.0 Å². The molecular formula is C20H20ClNO3. The summed E-state index contributed by atoms with van der Waals surface area (Å²) in [6.45, 7) is 2.57. The largest absolute Gasteiger partial charge is 0.461 e. The van der Waals surface area contributed by atoms with Crippen LogP contribution in [0, 0.1) is 5.92 Å². The van der Waals surface area contributed by atoms with Crippen molar-refractivity contribution in [1.29, 1.82) is 0 Å². The molecule has 0 spiro atoms. The molecule has 0 saturated carbocycles. The lowest BCUT2D eigenvalue weighted by Crippen LogP contribution is -2.29. The second-order valence-electron chi connectivity index (χ2n) is 6.27. The van der Waals surface area contributed by atoms with Gasteiger partial charge in [0, 0.05) is 18.0 Å². The number of ether oxygens (including phenoxy) is 1. The molecule has 4 nitrogen and oxygen atoms in total. The first-order valence-corrected chi connectivity index (χ1v) is 8.68. The summed E-state index contributed by atoms with van der Waals surface area (Å²) >= 11 is 5.84. The number of rotatable bonds is 5. The minimum absolute atomic E-state index is 0.00945. The van der Waals surface area contributed by atoms with Crippen molar-refractivity contribution in [3.05, 3.63) is 70.7 Å². The van der Waals surface area contributed by atoms with Gasteiger partial charge in [0.15, 0.2) is 0 Å². The summed E-state index contributed by atoms with van der Waals surface area (Å²) in [6.07, 6.45) is 0.205. The first-order valence-electron chi connectivity index (χ1n) is 8.30. The number of amides is 1. The Labute approximate surface area is 152 Å². The molecule has 1 amide bonds. The Morgan fingerprint density at radius 3 is 2.56 bits per heavy atom. The predicted octanol–water partition coefficient (Wildman–Crippen LogP) is 3.99. The molecule has 0 N–H and O–H groups in total. The summed E-state index contributed by atoms with van der Waals surface area (Å²) in [6, 6.07) is 16.9. The van der Waals surface area contributed by atoms with Crippen molar-refractivity contribution < 1.29 is 14.3 Å². The summed E-state index contributed by atoms with van der Waals surface area (Å²) in [7, 11) is 0. The molecule has 2 atom stereocenters. The van der Waals surface area contributed by atoms with E-state index in [1.54, 1.807) is 17.0 Å². The van der Waals surface area contributed by atoms with Crippen LogP contribution in [0.2, 0.25) is 5.02 Å². The molecule has 0 aliphatic carbocycles. The highest BCUT2D eigenvalue weighted by Gasteiger charge is 2.37. The molecule has 130 valence electrons. The number of hydrogen-bond donors (Lipinski definition) is 0. The highest BCUT2D eigenvalue weighted by molar-refractivity contribution is 6.30. The van der Waals surface area contributed by atoms with E-state index >= 15 is 0 Å². The fourth-order valence-electron chi connectivity index (χ4n) is 3.03. The molecule has 1 fully saturated rings. The highest BCUT2D eigenvalue weighted by atomic mass is 35.5. The number of benzene rings is 2. The quantitative estimate of drug-likeness (QED) is 0.760. The van der Waals surface area contributed by atoms with Gasteiger partial charge in [0.1, 0.15) is 6.61 Å². The standard InChI is InChI=1S/C20H20ClNO3/c1-14(16-5-3-2-4-6-16)22-12-17(11-19(22)23)20(24)25-13-15-7-9-18(21)10-8-15/h2-10,14,17H,11-13H2,1H3/t14-,17+/m0/s1. The third-order valence-electron chi connectivity index (χ3n) is 4.54. The van der Waals surface area contributed by atoms with Crippen molar-refractivity contribution in [2.24, 2.45) is 5.92 Å². The molecule has 1 heterocycles. The van der Waals surface area contributed by atoms with Gasteiger partial charge in [0.25, 0.3) is 0 Å². The minimum Gasteiger partial charge on any atom is -0.461 e. The van der Waals surface area contributed by atoms with E-state index in [9.17, 15) is 9.59 Å². The number of carbonyl (C=O) groups excluding carboxylic acids is 2. The Hall–Kier alpha value is -2.33. The number of halogens is 1. The molecule has 2 aromatic rings. The molecule has 1 aliphatic heterocycles. The van der Waals surface area contributed by atoms with Crippen molar-refractivity contribution in [2.75, 3.05) is 6.54 Å². The van der Waals surface area contributed by atoms with E-state index in [1.165, 1.54) is 0 Å². The zero-order valence-corrected chi connectivity index (χ0v) is 14.8. The van der Waals surface area contributed by atoms with Gasteiger partial charge in [-0.25, -0.2) is 0 Å². The van der Waals surface area contributed by atoms with Crippen molar-refractivity contribution in [3.63, 3.8) is 0 Å². The van der Waals surface area contributed by atoms with E-state index < -0.39 is 5.92 Å². The topological polar surface area (TPSA) is 46.6 Å². The smallest absolute Gasteiger partial charge is 0.311 e. The second kappa shape index (κ2) is 7.70. The SMILES string of the molecule is C[C@@H](c1ccccc1)N1C[C@H](C(=O)OCc2ccc(Cl)cc2)CC1=O. The predicted molar refractivity (Wildman–Crippen MR) is 95.9 cm³/mol. The van der Waals surface area contributed by atoms with Crippen LogP contribution in [-0.4, -0.2) is 23.3 Å². The number of nitrogens with zero attached hydrogens (tertiary/aromatic N) is 1. The van der Waals surface area contributed by atoms with E-state index in [4.69, 9.17) is 16.3 Å². The lowest BCUT2D eigenvalue weighted by atomic mass is 10.1. The lowest BCUT2D eigenvalue weighted by Gasteiger charge is -2.25. The minimum atomic E-state index is -0.411. The molecule has 1 aliphatic rings. The van der Waals surface area contributed by atoms with E-state index in [1.807, 2.05) is 49.4 Å². The molecule has 2 aromatic carbocycles. The monoisotopic (exact) mass is 357 g/mol. The lowest BCUT2D eigenvalue weighted by molar-refractivity contribution is -0.149. The molecule has 0 bridgehead atoms. The van der Waals surface area contributed by atoms with Crippen LogP contribution >= 0.6 is 11.6 Å². The van der Waals surface area contributed by atoms with Crippen molar-refractivity contribution in [2.45, 2.75) is 26.0 Å². The highest BCUT2D eigenvalue weighted by Crippen LogP contribution is 2.29. The van der Waals surface area contributed by atoms with Crippen LogP contribution in [0.5, 0.6) is 0 Å². The van der Waals surface area contributed by atoms with Gasteiger partial charge in [-0.3, -0.25) is 9.59 Å². The molecule has 25 heavy (non-hydrogen) atoms. The third-order valence-corrected chi connectivity index (χ3v) is 4.79. The summed E-state index contributed by atoms with van der Waals surface area (Å²) in [5, 5.41) is 0.641. The first kappa shape index (κ1) is 17.5.